The quantitative estimate of drug-likeness (QED) is 0.814. The third-order valence-corrected chi connectivity index (χ3v) is 5.41. The number of rotatable bonds is 2. The van der Waals surface area contributed by atoms with Gasteiger partial charge in [0.05, 0.1) is 0 Å². The number of fused-ring (bicyclic) bond motifs is 2. The smallest absolute Gasteiger partial charge is 0.125 e. The molecule has 2 fully saturated rings. The molecule has 3 unspecified atom stereocenters. The SMILES string of the molecule is CC12CCC(C1)C(C)(C)C2Nc1cccc(F)c1. The standard InChI is InChI=1S/C16H22FN/c1-15(2)11-7-8-16(3,10-11)14(15)18-13-6-4-5-12(17)9-13/h4-6,9,11,14,18H,7-8,10H2,1-3H3. The molecule has 98 valence electrons. The van der Waals surface area contributed by atoms with Crippen LogP contribution in [0, 0.1) is 22.6 Å². The van der Waals surface area contributed by atoms with Gasteiger partial charge in [0.2, 0.25) is 0 Å². The van der Waals surface area contributed by atoms with E-state index in [4.69, 9.17) is 0 Å². The van der Waals surface area contributed by atoms with Gasteiger partial charge in [0.25, 0.3) is 0 Å². The van der Waals surface area contributed by atoms with Gasteiger partial charge in [-0.1, -0.05) is 26.8 Å². The molecule has 2 heteroatoms. The van der Waals surface area contributed by atoms with Gasteiger partial charge in [0.15, 0.2) is 0 Å². The van der Waals surface area contributed by atoms with Crippen molar-refractivity contribution in [2.75, 3.05) is 5.32 Å². The molecule has 0 aliphatic heterocycles. The lowest BCUT2D eigenvalue weighted by Gasteiger charge is -2.43. The Morgan fingerprint density at radius 1 is 1.28 bits per heavy atom. The maximum atomic E-state index is 13.3. The van der Waals surface area contributed by atoms with Gasteiger partial charge in [-0.05, 0) is 54.2 Å². The number of hydrogen-bond acceptors (Lipinski definition) is 1. The molecule has 1 N–H and O–H groups in total. The summed E-state index contributed by atoms with van der Waals surface area (Å²) in [5.74, 6) is 0.652. The fraction of sp³-hybridized carbons (Fsp3) is 0.625. The van der Waals surface area contributed by atoms with Gasteiger partial charge in [0.1, 0.15) is 5.82 Å². The van der Waals surface area contributed by atoms with Crippen LogP contribution in [0.5, 0.6) is 0 Å². The summed E-state index contributed by atoms with van der Waals surface area (Å²) in [7, 11) is 0. The predicted molar refractivity (Wildman–Crippen MR) is 73.0 cm³/mol. The van der Waals surface area contributed by atoms with Crippen molar-refractivity contribution >= 4 is 5.69 Å². The Kier molecular flexibility index (Phi) is 2.48. The summed E-state index contributed by atoms with van der Waals surface area (Å²) in [6.45, 7) is 7.11. The van der Waals surface area contributed by atoms with Crippen LogP contribution in [-0.4, -0.2) is 6.04 Å². The highest BCUT2D eigenvalue weighted by molar-refractivity contribution is 5.46. The van der Waals surface area contributed by atoms with Crippen LogP contribution in [0.15, 0.2) is 24.3 Å². The molecule has 0 radical (unpaired) electrons. The Hall–Kier alpha value is -1.05. The van der Waals surface area contributed by atoms with Gasteiger partial charge in [0, 0.05) is 11.7 Å². The van der Waals surface area contributed by atoms with Gasteiger partial charge < -0.3 is 5.32 Å². The number of halogens is 1. The van der Waals surface area contributed by atoms with Crippen LogP contribution in [0.4, 0.5) is 10.1 Å². The van der Waals surface area contributed by atoms with Crippen molar-refractivity contribution in [2.24, 2.45) is 16.7 Å². The fourth-order valence-corrected chi connectivity index (χ4v) is 4.41. The third-order valence-electron chi connectivity index (χ3n) is 5.41. The first-order valence-corrected chi connectivity index (χ1v) is 6.94. The molecule has 0 aromatic heterocycles. The maximum Gasteiger partial charge on any atom is 0.125 e. The first-order valence-electron chi connectivity index (χ1n) is 6.94. The summed E-state index contributed by atoms with van der Waals surface area (Å²) < 4.78 is 13.3. The highest BCUT2D eigenvalue weighted by atomic mass is 19.1. The van der Waals surface area contributed by atoms with E-state index in [0.29, 0.717) is 16.9 Å². The topological polar surface area (TPSA) is 12.0 Å². The van der Waals surface area contributed by atoms with Gasteiger partial charge >= 0.3 is 0 Å². The Bertz CT molecular complexity index is 463. The molecule has 0 heterocycles. The second-order valence-electron chi connectivity index (χ2n) is 7.00. The lowest BCUT2D eigenvalue weighted by molar-refractivity contribution is 0.155. The molecule has 18 heavy (non-hydrogen) atoms. The van der Waals surface area contributed by atoms with Crippen molar-refractivity contribution < 1.29 is 4.39 Å². The van der Waals surface area contributed by atoms with Crippen molar-refractivity contribution in [3.8, 4) is 0 Å². The van der Waals surface area contributed by atoms with Crippen LogP contribution in [-0.2, 0) is 0 Å². The van der Waals surface area contributed by atoms with Gasteiger partial charge in [-0.25, -0.2) is 4.39 Å². The number of nitrogens with one attached hydrogen (secondary N) is 1. The fourth-order valence-electron chi connectivity index (χ4n) is 4.41. The zero-order valence-electron chi connectivity index (χ0n) is 11.5. The molecule has 0 saturated heterocycles. The zero-order chi connectivity index (χ0) is 13.0. The maximum absolute atomic E-state index is 13.3. The van der Waals surface area contributed by atoms with Crippen molar-refractivity contribution in [3.05, 3.63) is 30.1 Å². The summed E-state index contributed by atoms with van der Waals surface area (Å²) in [4.78, 5) is 0. The van der Waals surface area contributed by atoms with E-state index in [1.165, 1.54) is 25.3 Å². The molecular formula is C16H22FN. The van der Waals surface area contributed by atoms with E-state index >= 15 is 0 Å². The van der Waals surface area contributed by atoms with E-state index in [9.17, 15) is 4.39 Å². The lowest BCUT2D eigenvalue weighted by Crippen LogP contribution is -2.45. The molecule has 2 aliphatic rings. The second-order valence-corrected chi connectivity index (χ2v) is 7.00. The van der Waals surface area contributed by atoms with Crippen LogP contribution in [0.2, 0.25) is 0 Å². The van der Waals surface area contributed by atoms with E-state index in [2.05, 4.69) is 26.1 Å². The normalized spacial score (nSPS) is 36.9. The Labute approximate surface area is 109 Å². The van der Waals surface area contributed by atoms with Crippen LogP contribution in [0.25, 0.3) is 0 Å². The van der Waals surface area contributed by atoms with Gasteiger partial charge in [-0.3, -0.25) is 0 Å². The van der Waals surface area contributed by atoms with Crippen LogP contribution in [0.1, 0.15) is 40.0 Å². The van der Waals surface area contributed by atoms with E-state index in [1.807, 2.05) is 6.07 Å². The molecule has 1 aromatic rings. The summed E-state index contributed by atoms with van der Waals surface area (Å²) in [6, 6.07) is 7.30. The first-order chi connectivity index (χ1) is 8.42. The van der Waals surface area contributed by atoms with Crippen LogP contribution in [0.3, 0.4) is 0 Å². The van der Waals surface area contributed by atoms with E-state index in [1.54, 1.807) is 12.1 Å². The molecule has 1 nitrogen and oxygen atoms in total. The van der Waals surface area contributed by atoms with E-state index < -0.39 is 0 Å². The monoisotopic (exact) mass is 247 g/mol. The molecule has 0 amide bonds. The lowest BCUT2D eigenvalue weighted by atomic mass is 9.68. The summed E-state index contributed by atoms with van der Waals surface area (Å²) >= 11 is 0. The highest BCUT2D eigenvalue weighted by Crippen LogP contribution is 2.63. The molecular weight excluding hydrogens is 225 g/mol. The van der Waals surface area contributed by atoms with E-state index in [-0.39, 0.29) is 5.82 Å². The molecule has 0 spiro atoms. The highest BCUT2D eigenvalue weighted by Gasteiger charge is 2.59. The minimum absolute atomic E-state index is 0.161. The largest absolute Gasteiger partial charge is 0.381 e. The van der Waals surface area contributed by atoms with E-state index in [0.717, 1.165) is 11.6 Å². The van der Waals surface area contributed by atoms with Crippen LogP contribution >= 0.6 is 0 Å². The average molecular weight is 247 g/mol. The number of anilines is 1. The summed E-state index contributed by atoms with van der Waals surface area (Å²) in [5, 5.41) is 3.60. The summed E-state index contributed by atoms with van der Waals surface area (Å²) in [5.41, 5.74) is 1.60. The molecule has 2 aliphatic carbocycles. The average Bonchev–Trinajstić information content (AvgIpc) is 2.76. The minimum atomic E-state index is -0.161. The van der Waals surface area contributed by atoms with Crippen LogP contribution < -0.4 is 5.32 Å². The molecule has 3 atom stereocenters. The minimum Gasteiger partial charge on any atom is -0.381 e. The first kappa shape index (κ1) is 12.0. The number of hydrogen-bond donors (Lipinski definition) is 1. The molecule has 1 aromatic carbocycles. The zero-order valence-corrected chi connectivity index (χ0v) is 11.5. The Morgan fingerprint density at radius 3 is 2.67 bits per heavy atom. The molecule has 2 bridgehead atoms. The molecule has 3 rings (SSSR count). The molecule has 2 saturated carbocycles. The third kappa shape index (κ3) is 1.65. The van der Waals surface area contributed by atoms with Gasteiger partial charge in [-0.15, -0.1) is 0 Å². The number of benzene rings is 1. The Morgan fingerprint density at radius 2 is 2.06 bits per heavy atom. The van der Waals surface area contributed by atoms with Crippen molar-refractivity contribution in [1.82, 2.24) is 0 Å². The van der Waals surface area contributed by atoms with Crippen molar-refractivity contribution in [2.45, 2.75) is 46.1 Å². The summed E-state index contributed by atoms with van der Waals surface area (Å²) in [6.07, 6.45) is 3.96. The predicted octanol–water partition coefficient (Wildman–Crippen LogP) is 4.45. The van der Waals surface area contributed by atoms with Crippen molar-refractivity contribution in [1.29, 1.82) is 0 Å². The van der Waals surface area contributed by atoms with Gasteiger partial charge in [-0.2, -0.15) is 0 Å². The second kappa shape index (κ2) is 3.72. The van der Waals surface area contributed by atoms with Crippen molar-refractivity contribution in [3.63, 3.8) is 0 Å². The Balaban J connectivity index is 1.88.